The molecule has 0 saturated heterocycles. The van der Waals surface area contributed by atoms with Crippen LogP contribution in [0.1, 0.15) is 96.8 Å². The molecule has 6 atom stereocenters. The highest BCUT2D eigenvalue weighted by molar-refractivity contribution is 5.91. The topological polar surface area (TPSA) is 43.4 Å². The Balaban J connectivity index is 1.22. The van der Waals surface area contributed by atoms with Gasteiger partial charge in [0.15, 0.2) is 5.78 Å². The highest BCUT2D eigenvalue weighted by Crippen LogP contribution is 2.62. The van der Waals surface area contributed by atoms with E-state index in [0.717, 1.165) is 49.9 Å². The maximum atomic E-state index is 12.6. The van der Waals surface area contributed by atoms with Crippen molar-refractivity contribution in [1.82, 2.24) is 0 Å². The number of ether oxygens (including phenoxy) is 1. The molecule has 5 aliphatic rings. The maximum Gasteiger partial charge on any atom is 0.306 e. The summed E-state index contributed by atoms with van der Waals surface area (Å²) in [6.45, 7) is 2.42. The minimum Gasteiger partial charge on any atom is -0.462 e. The smallest absolute Gasteiger partial charge is 0.306 e. The fraction of sp³-hybridized carbons (Fsp3) is 0.846. The molecule has 0 aromatic rings. The lowest BCUT2D eigenvalue weighted by molar-refractivity contribution is -0.159. The minimum atomic E-state index is 0.0607. The zero-order valence-electron chi connectivity index (χ0n) is 18.2. The molecule has 0 amide bonds. The molecule has 29 heavy (non-hydrogen) atoms. The van der Waals surface area contributed by atoms with E-state index in [4.69, 9.17) is 4.74 Å². The van der Waals surface area contributed by atoms with Crippen molar-refractivity contribution in [2.24, 2.45) is 35.0 Å². The van der Waals surface area contributed by atoms with Crippen LogP contribution in [0.25, 0.3) is 0 Å². The maximum absolute atomic E-state index is 12.6. The lowest BCUT2D eigenvalue weighted by Crippen LogP contribution is -2.48. The average Bonchev–Trinajstić information content (AvgIpc) is 3.34. The van der Waals surface area contributed by atoms with Crippen LogP contribution in [0, 0.1) is 35.0 Å². The highest BCUT2D eigenvalue weighted by Gasteiger charge is 2.57. The van der Waals surface area contributed by atoms with Crippen LogP contribution in [0.15, 0.2) is 11.6 Å². The summed E-state index contributed by atoms with van der Waals surface area (Å²) in [6, 6.07) is 0. The van der Waals surface area contributed by atoms with Crippen molar-refractivity contribution < 1.29 is 14.3 Å². The van der Waals surface area contributed by atoms with Gasteiger partial charge in [-0.2, -0.15) is 0 Å². The molecule has 0 spiro atoms. The van der Waals surface area contributed by atoms with Crippen LogP contribution in [-0.2, 0) is 14.3 Å². The van der Waals surface area contributed by atoms with Gasteiger partial charge in [-0.05, 0) is 87.0 Å². The van der Waals surface area contributed by atoms with E-state index in [1.54, 1.807) is 0 Å². The van der Waals surface area contributed by atoms with Crippen LogP contribution in [-0.4, -0.2) is 17.9 Å². The van der Waals surface area contributed by atoms with Crippen LogP contribution in [0.2, 0.25) is 0 Å². The Hall–Kier alpha value is -1.12. The standard InChI is InChI=1S/C26H38O3/c1-26-15-14-21-20-10-8-19(27)16-18(20)7-9-22(21)23(26)11-12-24(26)29-25(28)13-6-17-4-2-3-5-17/h16-17,20-24H,2-15H2,1H3/t20?,21?,22?,23?,24?,26-/m0/s1. The van der Waals surface area contributed by atoms with Gasteiger partial charge in [-0.3, -0.25) is 9.59 Å². The Morgan fingerprint density at radius 2 is 1.86 bits per heavy atom. The number of carbonyl (C=O) groups excluding carboxylic acids is 2. The van der Waals surface area contributed by atoms with Crippen LogP contribution in [0.3, 0.4) is 0 Å². The molecular formula is C26H38O3. The number of esters is 1. The summed E-state index contributed by atoms with van der Waals surface area (Å²) in [6.07, 6.45) is 18.0. The molecule has 0 radical (unpaired) electrons. The quantitative estimate of drug-likeness (QED) is 0.545. The first-order valence-electron chi connectivity index (χ1n) is 12.5. The fourth-order valence-corrected chi connectivity index (χ4v) is 8.16. The zero-order valence-corrected chi connectivity index (χ0v) is 18.2. The van der Waals surface area contributed by atoms with Gasteiger partial charge in [0.05, 0.1) is 0 Å². The molecule has 0 aromatic carbocycles. The van der Waals surface area contributed by atoms with Crippen molar-refractivity contribution in [2.75, 3.05) is 0 Å². The Bertz CT molecular complexity index is 688. The molecule has 4 fully saturated rings. The molecule has 5 aliphatic carbocycles. The lowest BCUT2D eigenvalue weighted by Gasteiger charge is -2.53. The molecule has 0 heterocycles. The van der Waals surface area contributed by atoms with Crippen molar-refractivity contribution in [3.8, 4) is 0 Å². The number of hydrogen-bond donors (Lipinski definition) is 0. The third-order valence-electron chi connectivity index (χ3n) is 9.72. The van der Waals surface area contributed by atoms with Crippen LogP contribution in [0.4, 0.5) is 0 Å². The molecule has 4 saturated carbocycles. The molecule has 0 aromatic heterocycles. The number of rotatable bonds is 4. The van der Waals surface area contributed by atoms with E-state index in [1.165, 1.54) is 56.9 Å². The summed E-state index contributed by atoms with van der Waals surface area (Å²) in [5.41, 5.74) is 1.63. The van der Waals surface area contributed by atoms with Gasteiger partial charge in [-0.15, -0.1) is 0 Å². The Labute approximate surface area is 176 Å². The summed E-state index contributed by atoms with van der Waals surface area (Å²) in [5.74, 6) is 4.06. The van der Waals surface area contributed by atoms with Crippen LogP contribution in [0.5, 0.6) is 0 Å². The number of hydrogen-bond acceptors (Lipinski definition) is 3. The summed E-state index contributed by atoms with van der Waals surface area (Å²) < 4.78 is 6.15. The number of allylic oxidation sites excluding steroid dienone is 1. The zero-order chi connectivity index (χ0) is 20.0. The van der Waals surface area contributed by atoms with E-state index in [1.807, 2.05) is 6.08 Å². The van der Waals surface area contributed by atoms with E-state index in [0.29, 0.717) is 24.0 Å². The van der Waals surface area contributed by atoms with Gasteiger partial charge in [-0.1, -0.05) is 38.2 Å². The normalized spacial score (nSPS) is 42.0. The fourth-order valence-electron chi connectivity index (χ4n) is 8.16. The van der Waals surface area contributed by atoms with Gasteiger partial charge in [0.2, 0.25) is 0 Å². The van der Waals surface area contributed by atoms with Crippen molar-refractivity contribution in [2.45, 2.75) is 103 Å². The first kappa shape index (κ1) is 19.8. The van der Waals surface area contributed by atoms with Gasteiger partial charge in [-0.25, -0.2) is 0 Å². The highest BCUT2D eigenvalue weighted by atomic mass is 16.5. The Morgan fingerprint density at radius 1 is 1.03 bits per heavy atom. The van der Waals surface area contributed by atoms with Gasteiger partial charge in [0.25, 0.3) is 0 Å². The molecule has 0 bridgehead atoms. The predicted molar refractivity (Wildman–Crippen MR) is 113 cm³/mol. The third kappa shape index (κ3) is 3.61. The van der Waals surface area contributed by atoms with E-state index in [9.17, 15) is 9.59 Å². The largest absolute Gasteiger partial charge is 0.462 e. The van der Waals surface area contributed by atoms with Crippen molar-refractivity contribution in [3.05, 3.63) is 11.6 Å². The number of carbonyl (C=O) groups is 2. The molecule has 3 heteroatoms. The first-order valence-corrected chi connectivity index (χ1v) is 12.5. The van der Waals surface area contributed by atoms with E-state index in [-0.39, 0.29) is 17.5 Å². The third-order valence-corrected chi connectivity index (χ3v) is 9.72. The molecule has 0 N–H and O–H groups in total. The summed E-state index contributed by atoms with van der Waals surface area (Å²) in [4.78, 5) is 24.5. The predicted octanol–water partition coefficient (Wildman–Crippen LogP) is 6.01. The number of fused-ring (bicyclic) bond motifs is 5. The summed E-state index contributed by atoms with van der Waals surface area (Å²) in [5, 5.41) is 0. The molecule has 3 nitrogen and oxygen atoms in total. The van der Waals surface area contributed by atoms with Gasteiger partial charge >= 0.3 is 5.97 Å². The van der Waals surface area contributed by atoms with Crippen LogP contribution < -0.4 is 0 Å². The second-order valence-corrected chi connectivity index (χ2v) is 11.1. The molecule has 5 rings (SSSR count). The van der Waals surface area contributed by atoms with Gasteiger partial charge in [0, 0.05) is 18.3 Å². The lowest BCUT2D eigenvalue weighted by atomic mass is 9.52. The van der Waals surface area contributed by atoms with Gasteiger partial charge < -0.3 is 4.74 Å². The summed E-state index contributed by atoms with van der Waals surface area (Å²) >= 11 is 0. The molecule has 160 valence electrons. The van der Waals surface area contributed by atoms with E-state index < -0.39 is 0 Å². The minimum absolute atomic E-state index is 0.0607. The van der Waals surface area contributed by atoms with Crippen molar-refractivity contribution in [1.29, 1.82) is 0 Å². The second-order valence-electron chi connectivity index (χ2n) is 11.1. The monoisotopic (exact) mass is 398 g/mol. The number of ketones is 1. The molecule has 5 unspecified atom stereocenters. The van der Waals surface area contributed by atoms with Crippen molar-refractivity contribution >= 4 is 11.8 Å². The van der Waals surface area contributed by atoms with Gasteiger partial charge in [0.1, 0.15) is 6.10 Å². The van der Waals surface area contributed by atoms with Crippen molar-refractivity contribution in [3.63, 3.8) is 0 Å². The summed E-state index contributed by atoms with van der Waals surface area (Å²) in [7, 11) is 0. The first-order chi connectivity index (χ1) is 14.0. The van der Waals surface area contributed by atoms with E-state index >= 15 is 0 Å². The van der Waals surface area contributed by atoms with E-state index in [2.05, 4.69) is 6.92 Å². The second kappa shape index (κ2) is 7.85. The SMILES string of the molecule is C[C@]12CCC3C4CCC(=O)C=C4CCC3C1CCC2OC(=O)CCC1CCCC1. The molecule has 0 aliphatic heterocycles. The molecular weight excluding hydrogens is 360 g/mol. The van der Waals surface area contributed by atoms with Crippen LogP contribution >= 0.6 is 0 Å². The Kier molecular flexibility index (Phi) is 5.37. The Morgan fingerprint density at radius 3 is 2.69 bits per heavy atom. The average molecular weight is 399 g/mol.